The van der Waals surface area contributed by atoms with Gasteiger partial charge in [0.2, 0.25) is 10.0 Å². The van der Waals surface area contributed by atoms with Gasteiger partial charge in [-0.3, -0.25) is 0 Å². The Hall–Kier alpha value is -1.15. The van der Waals surface area contributed by atoms with Crippen LogP contribution < -0.4 is 5.73 Å². The number of nitrogens with zero attached hydrogens (tertiary/aromatic N) is 1. The van der Waals surface area contributed by atoms with Gasteiger partial charge in [0, 0.05) is 23.7 Å². The second kappa shape index (κ2) is 6.31. The molecule has 114 valence electrons. The highest BCUT2D eigenvalue weighted by Crippen LogP contribution is 2.27. The number of hydrogen-bond donors (Lipinski definition) is 1. The molecule has 0 spiro atoms. The molecule has 1 heterocycles. The average molecular weight is 349 g/mol. The van der Waals surface area contributed by atoms with E-state index in [0.29, 0.717) is 4.34 Å². The molecular weight excluding hydrogens is 335 g/mol. The second-order valence-corrected chi connectivity index (χ2v) is 8.03. The van der Waals surface area contributed by atoms with Gasteiger partial charge in [-0.15, -0.1) is 11.3 Å². The summed E-state index contributed by atoms with van der Waals surface area (Å²) in [7, 11) is -3.95. The van der Waals surface area contributed by atoms with Gasteiger partial charge in [0.25, 0.3) is 0 Å². The molecule has 1 aromatic carbocycles. The van der Waals surface area contributed by atoms with Gasteiger partial charge in [0.05, 0.1) is 4.34 Å². The lowest BCUT2D eigenvalue weighted by Gasteiger charge is -2.20. The SMILES string of the molecule is CCN(Cc1ccc(Cl)s1)S(=O)(=O)c1cc(N)ccc1F. The Labute approximate surface area is 132 Å². The maximum absolute atomic E-state index is 13.8. The van der Waals surface area contributed by atoms with Crippen molar-refractivity contribution in [3.05, 3.63) is 45.4 Å². The molecule has 2 rings (SSSR count). The van der Waals surface area contributed by atoms with E-state index in [-0.39, 0.29) is 18.8 Å². The summed E-state index contributed by atoms with van der Waals surface area (Å²) >= 11 is 7.13. The van der Waals surface area contributed by atoms with E-state index >= 15 is 0 Å². The number of nitrogens with two attached hydrogens (primary N) is 1. The van der Waals surface area contributed by atoms with Crippen molar-refractivity contribution >= 4 is 38.6 Å². The summed E-state index contributed by atoms with van der Waals surface area (Å²) < 4.78 is 40.7. The molecule has 1 aromatic heterocycles. The fraction of sp³-hybridized carbons (Fsp3) is 0.231. The third-order valence-electron chi connectivity index (χ3n) is 2.89. The summed E-state index contributed by atoms with van der Waals surface area (Å²) in [4.78, 5) is 0.377. The van der Waals surface area contributed by atoms with Crippen LogP contribution in [-0.4, -0.2) is 19.3 Å². The van der Waals surface area contributed by atoms with E-state index in [9.17, 15) is 12.8 Å². The Morgan fingerprint density at radius 1 is 1.33 bits per heavy atom. The van der Waals surface area contributed by atoms with Gasteiger partial charge in [0.1, 0.15) is 10.7 Å². The first-order chi connectivity index (χ1) is 9.84. The molecule has 8 heteroatoms. The maximum atomic E-state index is 13.8. The van der Waals surface area contributed by atoms with E-state index in [4.69, 9.17) is 17.3 Å². The largest absolute Gasteiger partial charge is 0.399 e. The van der Waals surface area contributed by atoms with Crippen LogP contribution in [0.25, 0.3) is 0 Å². The van der Waals surface area contributed by atoms with Crippen molar-refractivity contribution in [1.29, 1.82) is 0 Å². The molecule has 0 aliphatic heterocycles. The van der Waals surface area contributed by atoms with Crippen LogP contribution in [-0.2, 0) is 16.6 Å². The van der Waals surface area contributed by atoms with Crippen molar-refractivity contribution in [3.8, 4) is 0 Å². The lowest BCUT2D eigenvalue weighted by Crippen LogP contribution is -2.30. The molecule has 0 atom stereocenters. The summed E-state index contributed by atoms with van der Waals surface area (Å²) in [5, 5.41) is 0. The Morgan fingerprint density at radius 2 is 2.05 bits per heavy atom. The Bertz CT molecular complexity index is 746. The smallest absolute Gasteiger partial charge is 0.246 e. The summed E-state index contributed by atoms with van der Waals surface area (Å²) in [5.74, 6) is -0.813. The van der Waals surface area contributed by atoms with E-state index in [0.717, 1.165) is 17.0 Å². The third kappa shape index (κ3) is 3.55. The van der Waals surface area contributed by atoms with Crippen molar-refractivity contribution in [1.82, 2.24) is 4.31 Å². The van der Waals surface area contributed by atoms with Gasteiger partial charge in [0.15, 0.2) is 0 Å². The first kappa shape index (κ1) is 16.2. The van der Waals surface area contributed by atoms with Crippen molar-refractivity contribution < 1.29 is 12.8 Å². The lowest BCUT2D eigenvalue weighted by atomic mass is 10.3. The zero-order valence-electron chi connectivity index (χ0n) is 11.2. The van der Waals surface area contributed by atoms with Crippen molar-refractivity contribution in [2.75, 3.05) is 12.3 Å². The summed E-state index contributed by atoms with van der Waals surface area (Å²) in [5.41, 5.74) is 5.76. The minimum atomic E-state index is -3.95. The van der Waals surface area contributed by atoms with Crippen LogP contribution in [0.1, 0.15) is 11.8 Å². The molecule has 0 fully saturated rings. The number of anilines is 1. The predicted molar refractivity (Wildman–Crippen MR) is 83.4 cm³/mol. The van der Waals surface area contributed by atoms with E-state index in [1.54, 1.807) is 19.1 Å². The number of thiophene rings is 1. The molecule has 2 N–H and O–H groups in total. The standard InChI is InChI=1S/C13H14ClFN2O2S2/c1-2-17(8-10-4-6-13(14)20-10)21(18,19)12-7-9(16)3-5-11(12)15/h3-7H,2,8,16H2,1H3. The second-order valence-electron chi connectivity index (χ2n) is 4.33. The number of nitrogen functional groups attached to an aromatic ring is 1. The van der Waals surface area contributed by atoms with E-state index < -0.39 is 20.7 Å². The summed E-state index contributed by atoms with van der Waals surface area (Å²) in [6, 6.07) is 6.96. The van der Waals surface area contributed by atoms with Gasteiger partial charge in [-0.25, -0.2) is 12.8 Å². The van der Waals surface area contributed by atoms with Crippen LogP contribution in [0.4, 0.5) is 10.1 Å². The van der Waals surface area contributed by atoms with Crippen molar-refractivity contribution in [2.45, 2.75) is 18.4 Å². The molecule has 0 aliphatic carbocycles. The highest BCUT2D eigenvalue weighted by atomic mass is 35.5. The zero-order valence-corrected chi connectivity index (χ0v) is 13.6. The monoisotopic (exact) mass is 348 g/mol. The number of sulfonamides is 1. The first-order valence-corrected chi connectivity index (χ1v) is 8.77. The molecule has 21 heavy (non-hydrogen) atoms. The van der Waals surface area contributed by atoms with Gasteiger partial charge in [-0.05, 0) is 30.3 Å². The normalized spacial score (nSPS) is 12.0. The number of rotatable bonds is 5. The Morgan fingerprint density at radius 3 is 2.62 bits per heavy atom. The highest BCUT2D eigenvalue weighted by molar-refractivity contribution is 7.89. The van der Waals surface area contributed by atoms with E-state index in [1.807, 2.05) is 0 Å². The van der Waals surface area contributed by atoms with Crippen LogP contribution in [0.15, 0.2) is 35.2 Å². The number of benzene rings is 1. The fourth-order valence-corrected chi connectivity index (χ4v) is 4.55. The molecular formula is C13H14ClFN2O2S2. The minimum Gasteiger partial charge on any atom is -0.399 e. The highest BCUT2D eigenvalue weighted by Gasteiger charge is 2.27. The molecule has 0 radical (unpaired) electrons. The predicted octanol–water partition coefficient (Wildman–Crippen LogP) is 3.33. The third-order valence-corrected chi connectivity index (χ3v) is 6.04. The topological polar surface area (TPSA) is 63.4 Å². The molecule has 2 aromatic rings. The lowest BCUT2D eigenvalue weighted by molar-refractivity contribution is 0.422. The molecule has 4 nitrogen and oxygen atoms in total. The van der Waals surface area contributed by atoms with Gasteiger partial charge in [-0.2, -0.15) is 4.31 Å². The molecule has 0 amide bonds. The van der Waals surface area contributed by atoms with Crippen LogP contribution in [0, 0.1) is 5.82 Å². The zero-order chi connectivity index (χ0) is 15.6. The van der Waals surface area contributed by atoms with E-state index in [1.165, 1.54) is 21.7 Å². The summed E-state index contributed by atoms with van der Waals surface area (Å²) in [6.45, 7) is 2.05. The van der Waals surface area contributed by atoms with E-state index in [2.05, 4.69) is 0 Å². The molecule has 0 aliphatic rings. The minimum absolute atomic E-state index is 0.143. The van der Waals surface area contributed by atoms with Crippen LogP contribution >= 0.6 is 22.9 Å². The van der Waals surface area contributed by atoms with Crippen molar-refractivity contribution in [2.24, 2.45) is 0 Å². The van der Waals surface area contributed by atoms with Gasteiger partial charge >= 0.3 is 0 Å². The quantitative estimate of drug-likeness (QED) is 0.843. The number of halogens is 2. The average Bonchev–Trinajstić information content (AvgIpc) is 2.84. The Kier molecular flexibility index (Phi) is 4.88. The molecule has 0 saturated carbocycles. The maximum Gasteiger partial charge on any atom is 0.246 e. The van der Waals surface area contributed by atoms with Gasteiger partial charge in [-0.1, -0.05) is 18.5 Å². The van der Waals surface area contributed by atoms with Crippen molar-refractivity contribution in [3.63, 3.8) is 0 Å². The summed E-state index contributed by atoms with van der Waals surface area (Å²) in [6.07, 6.45) is 0. The van der Waals surface area contributed by atoms with Crippen LogP contribution in [0.5, 0.6) is 0 Å². The molecule has 0 bridgehead atoms. The van der Waals surface area contributed by atoms with Crippen LogP contribution in [0.2, 0.25) is 4.34 Å². The Balaban J connectivity index is 2.37. The molecule has 0 unspecified atom stereocenters. The van der Waals surface area contributed by atoms with Crippen LogP contribution in [0.3, 0.4) is 0 Å². The van der Waals surface area contributed by atoms with Gasteiger partial charge < -0.3 is 5.73 Å². The fourth-order valence-electron chi connectivity index (χ4n) is 1.83. The number of hydrogen-bond acceptors (Lipinski definition) is 4. The first-order valence-electron chi connectivity index (χ1n) is 6.14. The molecule has 0 saturated heterocycles.